The molecule has 0 aromatic carbocycles. The molecular formula is C11H21N3O. The minimum Gasteiger partial charge on any atom is -0.337 e. The Bertz CT molecular complexity index is 224. The Kier molecular flexibility index (Phi) is 3.46. The summed E-state index contributed by atoms with van der Waals surface area (Å²) in [5.41, 5.74) is 0. The van der Waals surface area contributed by atoms with Crippen molar-refractivity contribution in [1.82, 2.24) is 15.5 Å². The van der Waals surface area contributed by atoms with Gasteiger partial charge in [0.2, 0.25) is 0 Å². The Morgan fingerprint density at radius 3 is 2.60 bits per heavy atom. The summed E-state index contributed by atoms with van der Waals surface area (Å²) in [5.74, 6) is 0. The minimum atomic E-state index is 0.00361. The molecule has 86 valence electrons. The molecule has 2 aliphatic rings. The average Bonchev–Trinajstić information content (AvgIpc) is 2.94. The van der Waals surface area contributed by atoms with Gasteiger partial charge in [0, 0.05) is 25.2 Å². The van der Waals surface area contributed by atoms with Crippen LogP contribution in [0.1, 0.15) is 32.1 Å². The number of likely N-dealkylation sites (N-methyl/N-ethyl adjacent to an activating group) is 1. The van der Waals surface area contributed by atoms with E-state index < -0.39 is 0 Å². The second-order valence-corrected chi connectivity index (χ2v) is 4.74. The zero-order chi connectivity index (χ0) is 10.7. The van der Waals surface area contributed by atoms with Crippen LogP contribution in [-0.4, -0.2) is 43.2 Å². The lowest BCUT2D eigenvalue weighted by molar-refractivity contribution is 0.226. The highest BCUT2D eigenvalue weighted by atomic mass is 16.2. The molecular weight excluding hydrogens is 190 g/mol. The Hall–Kier alpha value is -0.770. The molecule has 2 fully saturated rings. The third kappa shape index (κ3) is 3.38. The summed E-state index contributed by atoms with van der Waals surface area (Å²) in [6.07, 6.45) is 6.20. The largest absolute Gasteiger partial charge is 0.337 e. The minimum absolute atomic E-state index is 0.00361. The molecule has 2 rings (SSSR count). The third-order valence-corrected chi connectivity index (χ3v) is 3.36. The van der Waals surface area contributed by atoms with Crippen LogP contribution in [0.15, 0.2) is 0 Å². The van der Waals surface area contributed by atoms with Gasteiger partial charge in [-0.05, 0) is 39.2 Å². The molecule has 0 atom stereocenters. The first-order chi connectivity index (χ1) is 7.25. The Morgan fingerprint density at radius 2 is 2.07 bits per heavy atom. The molecule has 0 aliphatic heterocycles. The summed E-state index contributed by atoms with van der Waals surface area (Å²) in [7, 11) is 2.13. The molecule has 4 heteroatoms. The molecule has 0 radical (unpaired) electrons. The van der Waals surface area contributed by atoms with Crippen LogP contribution in [0.3, 0.4) is 0 Å². The molecule has 2 saturated carbocycles. The van der Waals surface area contributed by atoms with E-state index in [-0.39, 0.29) is 6.03 Å². The molecule has 2 N–H and O–H groups in total. The molecule has 4 nitrogen and oxygen atoms in total. The van der Waals surface area contributed by atoms with Crippen molar-refractivity contribution < 1.29 is 4.79 Å². The van der Waals surface area contributed by atoms with E-state index in [1.807, 2.05) is 0 Å². The van der Waals surface area contributed by atoms with E-state index in [0.717, 1.165) is 32.0 Å². The van der Waals surface area contributed by atoms with Crippen LogP contribution in [0.4, 0.5) is 4.79 Å². The first-order valence-electron chi connectivity index (χ1n) is 6.00. The van der Waals surface area contributed by atoms with Gasteiger partial charge in [-0.3, -0.25) is 0 Å². The monoisotopic (exact) mass is 211 g/mol. The standard InChI is InChI=1S/C11H21N3O/c1-14(10-5-6-10)8-7-12-11(15)13-9-3-2-4-9/h9-10H,2-8H2,1H3,(H2,12,13,15). The van der Waals surface area contributed by atoms with E-state index in [0.29, 0.717) is 6.04 Å². The van der Waals surface area contributed by atoms with Crippen LogP contribution in [0.25, 0.3) is 0 Å². The molecule has 0 saturated heterocycles. The van der Waals surface area contributed by atoms with Crippen LogP contribution in [0, 0.1) is 0 Å². The molecule has 2 aliphatic carbocycles. The van der Waals surface area contributed by atoms with Crippen molar-refractivity contribution in [2.75, 3.05) is 20.1 Å². The summed E-state index contributed by atoms with van der Waals surface area (Å²) in [5, 5.41) is 5.87. The second-order valence-electron chi connectivity index (χ2n) is 4.74. The fourth-order valence-corrected chi connectivity index (χ4v) is 1.83. The SMILES string of the molecule is CN(CCNC(=O)NC1CCC1)C1CC1. The number of hydrogen-bond donors (Lipinski definition) is 2. The van der Waals surface area contributed by atoms with Crippen LogP contribution in [0.2, 0.25) is 0 Å². The Balaban J connectivity index is 1.50. The maximum Gasteiger partial charge on any atom is 0.315 e. The Labute approximate surface area is 91.4 Å². The molecule has 2 amide bonds. The smallest absolute Gasteiger partial charge is 0.315 e. The van der Waals surface area contributed by atoms with Gasteiger partial charge in [0.05, 0.1) is 0 Å². The van der Waals surface area contributed by atoms with E-state index >= 15 is 0 Å². The summed E-state index contributed by atoms with van der Waals surface area (Å²) in [6, 6.07) is 1.22. The highest BCUT2D eigenvalue weighted by Gasteiger charge is 2.25. The van der Waals surface area contributed by atoms with Gasteiger partial charge in [-0.15, -0.1) is 0 Å². The van der Waals surface area contributed by atoms with Crippen molar-refractivity contribution in [2.24, 2.45) is 0 Å². The molecule has 0 aromatic rings. The number of nitrogens with zero attached hydrogens (tertiary/aromatic N) is 1. The van der Waals surface area contributed by atoms with Gasteiger partial charge in [0.15, 0.2) is 0 Å². The summed E-state index contributed by atoms with van der Waals surface area (Å²) < 4.78 is 0. The molecule has 0 aromatic heterocycles. The molecule has 0 unspecified atom stereocenters. The molecule has 0 spiro atoms. The molecule has 15 heavy (non-hydrogen) atoms. The van der Waals surface area contributed by atoms with E-state index in [4.69, 9.17) is 0 Å². The lowest BCUT2D eigenvalue weighted by Crippen LogP contribution is -2.46. The molecule has 0 heterocycles. The number of urea groups is 1. The molecule has 0 bridgehead atoms. The number of carbonyl (C=O) groups is 1. The lowest BCUT2D eigenvalue weighted by Gasteiger charge is -2.26. The highest BCUT2D eigenvalue weighted by molar-refractivity contribution is 5.74. The van der Waals surface area contributed by atoms with Gasteiger partial charge in [-0.2, -0.15) is 0 Å². The van der Waals surface area contributed by atoms with Crippen LogP contribution < -0.4 is 10.6 Å². The van der Waals surface area contributed by atoms with Crippen molar-refractivity contribution >= 4 is 6.03 Å². The number of nitrogens with one attached hydrogen (secondary N) is 2. The van der Waals surface area contributed by atoms with E-state index in [1.54, 1.807) is 0 Å². The number of rotatable bonds is 5. The quantitative estimate of drug-likeness (QED) is 0.710. The fraction of sp³-hybridized carbons (Fsp3) is 0.909. The topological polar surface area (TPSA) is 44.4 Å². The highest BCUT2D eigenvalue weighted by Crippen LogP contribution is 2.24. The van der Waals surface area contributed by atoms with E-state index in [1.165, 1.54) is 19.3 Å². The van der Waals surface area contributed by atoms with Crippen molar-refractivity contribution in [3.63, 3.8) is 0 Å². The number of amides is 2. The van der Waals surface area contributed by atoms with Crippen molar-refractivity contribution in [3.05, 3.63) is 0 Å². The van der Waals surface area contributed by atoms with Gasteiger partial charge in [-0.1, -0.05) is 0 Å². The Morgan fingerprint density at radius 1 is 1.33 bits per heavy atom. The lowest BCUT2D eigenvalue weighted by atomic mass is 9.93. The van der Waals surface area contributed by atoms with Crippen LogP contribution >= 0.6 is 0 Å². The van der Waals surface area contributed by atoms with Gasteiger partial charge < -0.3 is 15.5 Å². The predicted molar refractivity (Wildman–Crippen MR) is 59.8 cm³/mol. The van der Waals surface area contributed by atoms with Gasteiger partial charge in [0.25, 0.3) is 0 Å². The number of carbonyl (C=O) groups excluding carboxylic acids is 1. The van der Waals surface area contributed by atoms with E-state index in [2.05, 4.69) is 22.6 Å². The summed E-state index contributed by atoms with van der Waals surface area (Å²) >= 11 is 0. The van der Waals surface area contributed by atoms with Gasteiger partial charge in [0.1, 0.15) is 0 Å². The summed E-state index contributed by atoms with van der Waals surface area (Å²) in [6.45, 7) is 1.72. The van der Waals surface area contributed by atoms with Gasteiger partial charge in [-0.25, -0.2) is 4.79 Å². The third-order valence-electron chi connectivity index (χ3n) is 3.36. The van der Waals surface area contributed by atoms with Gasteiger partial charge >= 0.3 is 6.03 Å². The fourth-order valence-electron chi connectivity index (χ4n) is 1.83. The van der Waals surface area contributed by atoms with Crippen molar-refractivity contribution in [2.45, 2.75) is 44.2 Å². The van der Waals surface area contributed by atoms with Crippen molar-refractivity contribution in [3.8, 4) is 0 Å². The van der Waals surface area contributed by atoms with Crippen molar-refractivity contribution in [1.29, 1.82) is 0 Å². The first-order valence-corrected chi connectivity index (χ1v) is 6.00. The van der Waals surface area contributed by atoms with Crippen LogP contribution in [-0.2, 0) is 0 Å². The second kappa shape index (κ2) is 4.84. The predicted octanol–water partition coefficient (Wildman–Crippen LogP) is 0.932. The zero-order valence-corrected chi connectivity index (χ0v) is 9.46. The maximum absolute atomic E-state index is 11.4. The van der Waals surface area contributed by atoms with E-state index in [9.17, 15) is 4.79 Å². The van der Waals surface area contributed by atoms with Crippen LogP contribution in [0.5, 0.6) is 0 Å². The average molecular weight is 211 g/mol. The number of hydrogen-bond acceptors (Lipinski definition) is 2. The summed E-state index contributed by atoms with van der Waals surface area (Å²) in [4.78, 5) is 13.7. The normalized spacial score (nSPS) is 21.2. The maximum atomic E-state index is 11.4. The first kappa shape index (κ1) is 10.7. The zero-order valence-electron chi connectivity index (χ0n) is 9.46.